The van der Waals surface area contributed by atoms with Gasteiger partial charge in [-0.2, -0.15) is 0 Å². The summed E-state index contributed by atoms with van der Waals surface area (Å²) in [7, 11) is 0. The molecule has 0 aliphatic heterocycles. The molecule has 1 aromatic rings. The van der Waals surface area contributed by atoms with Crippen LogP contribution in [0.1, 0.15) is 30.1 Å². The summed E-state index contributed by atoms with van der Waals surface area (Å²) < 4.78 is 5.02. The van der Waals surface area contributed by atoms with Crippen molar-refractivity contribution < 1.29 is 19.1 Å². The monoisotopic (exact) mass is 282 g/mol. The fraction of sp³-hybridized carbons (Fsp3) is 0.417. The third-order valence-electron chi connectivity index (χ3n) is 2.74. The molecule has 102 valence electrons. The first-order valence-corrected chi connectivity index (χ1v) is 6.75. The summed E-state index contributed by atoms with van der Waals surface area (Å²) in [5.41, 5.74) is 5.42. The number of ether oxygens (including phenoxy) is 1. The molecule has 0 saturated heterocycles. The van der Waals surface area contributed by atoms with Crippen LogP contribution in [0.4, 0.5) is 5.00 Å². The second kappa shape index (κ2) is 5.40. The summed E-state index contributed by atoms with van der Waals surface area (Å²) >= 11 is 1.19. The number of hydrogen-bond acceptors (Lipinski definition) is 5. The van der Waals surface area contributed by atoms with Gasteiger partial charge in [0.1, 0.15) is 5.00 Å². The molecule has 1 saturated carbocycles. The normalized spacial score (nSPS) is 15.6. The standard InChI is InChI=1S/C12H14N2O4S/c1-6(18-12(17)7-2-3-7)10(16)14-11-8(9(13)15)4-5-19-11/h4-7H,2-3H2,1H3,(H2,13,15)(H,14,16). The lowest BCUT2D eigenvalue weighted by Crippen LogP contribution is -2.30. The van der Waals surface area contributed by atoms with Crippen molar-refractivity contribution in [1.29, 1.82) is 0 Å². The van der Waals surface area contributed by atoms with Crippen molar-refractivity contribution in [3.05, 3.63) is 17.0 Å². The van der Waals surface area contributed by atoms with E-state index in [1.807, 2.05) is 0 Å². The predicted molar refractivity (Wildman–Crippen MR) is 69.7 cm³/mol. The Bertz CT molecular complexity index is 522. The minimum Gasteiger partial charge on any atom is -0.452 e. The third kappa shape index (κ3) is 3.31. The summed E-state index contributed by atoms with van der Waals surface area (Å²) in [5, 5.41) is 4.55. The first-order chi connectivity index (χ1) is 8.99. The highest BCUT2D eigenvalue weighted by Crippen LogP contribution is 2.30. The Hall–Kier alpha value is -1.89. The van der Waals surface area contributed by atoms with E-state index in [9.17, 15) is 14.4 Å². The number of primary amides is 1. The van der Waals surface area contributed by atoms with Crippen molar-refractivity contribution in [2.24, 2.45) is 11.7 Å². The highest BCUT2D eigenvalue weighted by atomic mass is 32.1. The van der Waals surface area contributed by atoms with E-state index >= 15 is 0 Å². The van der Waals surface area contributed by atoms with Crippen molar-refractivity contribution >= 4 is 34.1 Å². The van der Waals surface area contributed by atoms with Crippen LogP contribution in [-0.4, -0.2) is 23.9 Å². The van der Waals surface area contributed by atoms with Crippen LogP contribution in [0.3, 0.4) is 0 Å². The number of amides is 2. The lowest BCUT2D eigenvalue weighted by molar-refractivity contribution is -0.154. The van der Waals surface area contributed by atoms with Gasteiger partial charge in [0.15, 0.2) is 6.10 Å². The van der Waals surface area contributed by atoms with E-state index in [0.717, 1.165) is 12.8 Å². The Morgan fingerprint density at radius 1 is 1.47 bits per heavy atom. The molecule has 1 fully saturated rings. The first kappa shape index (κ1) is 13.5. The van der Waals surface area contributed by atoms with Crippen LogP contribution >= 0.6 is 11.3 Å². The molecule has 2 amide bonds. The average Bonchev–Trinajstić information content (AvgIpc) is 3.09. The molecule has 1 atom stereocenters. The molecule has 0 radical (unpaired) electrons. The lowest BCUT2D eigenvalue weighted by atomic mass is 10.3. The quantitative estimate of drug-likeness (QED) is 0.791. The van der Waals surface area contributed by atoms with Gasteiger partial charge in [-0.15, -0.1) is 11.3 Å². The molecule has 7 heteroatoms. The molecule has 19 heavy (non-hydrogen) atoms. The second-order valence-electron chi connectivity index (χ2n) is 4.37. The maximum absolute atomic E-state index is 11.8. The maximum atomic E-state index is 11.8. The van der Waals surface area contributed by atoms with Gasteiger partial charge >= 0.3 is 5.97 Å². The fourth-order valence-electron chi connectivity index (χ4n) is 1.46. The van der Waals surface area contributed by atoms with Crippen LogP contribution in [0.2, 0.25) is 0 Å². The number of carbonyl (C=O) groups excluding carboxylic acids is 3. The van der Waals surface area contributed by atoms with E-state index in [4.69, 9.17) is 10.5 Å². The van der Waals surface area contributed by atoms with Crippen LogP contribution in [0.15, 0.2) is 11.4 Å². The summed E-state index contributed by atoms with van der Waals surface area (Å²) in [6.07, 6.45) is 0.754. The minimum absolute atomic E-state index is 0.0573. The number of thiophene rings is 1. The molecule has 1 aliphatic rings. The van der Waals surface area contributed by atoms with Gasteiger partial charge in [-0.05, 0) is 31.2 Å². The van der Waals surface area contributed by atoms with Crippen LogP contribution in [0.25, 0.3) is 0 Å². The van der Waals surface area contributed by atoms with E-state index < -0.39 is 17.9 Å². The predicted octanol–water partition coefficient (Wildman–Crippen LogP) is 1.13. The topological polar surface area (TPSA) is 98.5 Å². The smallest absolute Gasteiger partial charge is 0.309 e. The van der Waals surface area contributed by atoms with Gasteiger partial charge in [0, 0.05) is 0 Å². The third-order valence-corrected chi connectivity index (χ3v) is 3.57. The van der Waals surface area contributed by atoms with Crippen molar-refractivity contribution in [2.45, 2.75) is 25.9 Å². The van der Waals surface area contributed by atoms with E-state index in [1.54, 1.807) is 5.38 Å². The van der Waals surface area contributed by atoms with Gasteiger partial charge < -0.3 is 15.8 Å². The average molecular weight is 282 g/mol. The number of rotatable bonds is 5. The largest absolute Gasteiger partial charge is 0.452 e. The molecule has 0 aromatic carbocycles. The zero-order chi connectivity index (χ0) is 14.0. The van der Waals surface area contributed by atoms with Crippen LogP contribution in [0, 0.1) is 5.92 Å². The molecule has 1 unspecified atom stereocenters. The number of hydrogen-bond donors (Lipinski definition) is 2. The van der Waals surface area contributed by atoms with Crippen LogP contribution in [0.5, 0.6) is 0 Å². The van der Waals surface area contributed by atoms with Crippen molar-refractivity contribution in [3.63, 3.8) is 0 Å². The van der Waals surface area contributed by atoms with E-state index in [1.165, 1.54) is 24.3 Å². The molecule has 0 bridgehead atoms. The van der Waals surface area contributed by atoms with E-state index in [-0.39, 0.29) is 17.5 Å². The Kier molecular flexibility index (Phi) is 3.84. The summed E-state index contributed by atoms with van der Waals surface area (Å²) in [6.45, 7) is 1.49. The molecule has 1 heterocycles. The Morgan fingerprint density at radius 3 is 2.74 bits per heavy atom. The molecular weight excluding hydrogens is 268 g/mol. The van der Waals surface area contributed by atoms with Crippen LogP contribution < -0.4 is 11.1 Å². The molecule has 0 spiro atoms. The summed E-state index contributed by atoms with van der Waals surface area (Å²) in [4.78, 5) is 34.4. The van der Waals surface area contributed by atoms with Gasteiger partial charge in [0.05, 0.1) is 11.5 Å². The second-order valence-corrected chi connectivity index (χ2v) is 5.29. The molecular formula is C12H14N2O4S. The van der Waals surface area contributed by atoms with Crippen molar-refractivity contribution in [3.8, 4) is 0 Å². The van der Waals surface area contributed by atoms with Gasteiger partial charge in [-0.1, -0.05) is 0 Å². The Labute approximate surface area is 113 Å². The molecule has 3 N–H and O–H groups in total. The zero-order valence-electron chi connectivity index (χ0n) is 10.3. The Morgan fingerprint density at radius 2 is 2.16 bits per heavy atom. The van der Waals surface area contributed by atoms with Gasteiger partial charge in [0.25, 0.3) is 11.8 Å². The number of nitrogens with one attached hydrogen (secondary N) is 1. The SMILES string of the molecule is CC(OC(=O)C1CC1)C(=O)Nc1sccc1C(N)=O. The molecule has 1 aliphatic carbocycles. The van der Waals surface area contributed by atoms with Crippen molar-refractivity contribution in [2.75, 3.05) is 5.32 Å². The zero-order valence-corrected chi connectivity index (χ0v) is 11.2. The molecule has 2 rings (SSSR count). The van der Waals surface area contributed by atoms with Gasteiger partial charge in [-0.3, -0.25) is 14.4 Å². The van der Waals surface area contributed by atoms with Gasteiger partial charge in [-0.25, -0.2) is 0 Å². The number of carbonyl (C=O) groups is 3. The van der Waals surface area contributed by atoms with E-state index in [2.05, 4.69) is 5.32 Å². The summed E-state index contributed by atoms with van der Waals surface area (Å²) in [6, 6.07) is 1.53. The minimum atomic E-state index is -0.893. The number of anilines is 1. The van der Waals surface area contributed by atoms with Crippen LogP contribution in [-0.2, 0) is 14.3 Å². The number of nitrogens with two attached hydrogens (primary N) is 1. The number of esters is 1. The van der Waals surface area contributed by atoms with Gasteiger partial charge in [0.2, 0.25) is 0 Å². The van der Waals surface area contributed by atoms with Crippen molar-refractivity contribution in [1.82, 2.24) is 0 Å². The first-order valence-electron chi connectivity index (χ1n) is 5.87. The highest BCUT2D eigenvalue weighted by Gasteiger charge is 2.33. The van der Waals surface area contributed by atoms with E-state index in [0.29, 0.717) is 5.00 Å². The molecule has 6 nitrogen and oxygen atoms in total. The fourth-order valence-corrected chi connectivity index (χ4v) is 2.25. The maximum Gasteiger partial charge on any atom is 0.309 e. The summed E-state index contributed by atoms with van der Waals surface area (Å²) in [5.74, 6) is -1.49. The molecule has 1 aromatic heterocycles. The lowest BCUT2D eigenvalue weighted by Gasteiger charge is -2.12. The Balaban J connectivity index is 1.94. The highest BCUT2D eigenvalue weighted by molar-refractivity contribution is 7.14.